The van der Waals surface area contributed by atoms with Gasteiger partial charge in [0.2, 0.25) is 0 Å². The number of nitrogens with zero attached hydrogens (tertiary/aromatic N) is 6. The van der Waals surface area contributed by atoms with E-state index >= 15 is 0 Å². The Hall–Kier alpha value is -3.54. The van der Waals surface area contributed by atoms with Gasteiger partial charge in [-0.25, -0.2) is 8.78 Å². The van der Waals surface area contributed by atoms with E-state index in [1.165, 1.54) is 11.0 Å². The molecule has 0 radical (unpaired) electrons. The number of benzene rings is 2. The molecule has 4 aliphatic heterocycles. The largest absolute Gasteiger partial charge is 0.461 e. The van der Waals surface area contributed by atoms with Crippen molar-refractivity contribution in [3.05, 3.63) is 64.8 Å². The molecular weight excluding hydrogens is 614 g/mol. The van der Waals surface area contributed by atoms with Gasteiger partial charge >= 0.3 is 6.01 Å². The quantitative estimate of drug-likeness (QED) is 0.315. The van der Waals surface area contributed by atoms with E-state index in [0.29, 0.717) is 69.6 Å². The minimum Gasteiger partial charge on any atom is -0.461 e. The first-order valence-corrected chi connectivity index (χ1v) is 16.4. The summed E-state index contributed by atoms with van der Waals surface area (Å²) < 4.78 is 40.2. The second kappa shape index (κ2) is 12.6. The molecule has 0 saturated carbocycles. The molecule has 7 rings (SSSR count). The summed E-state index contributed by atoms with van der Waals surface area (Å²) in [6, 6.07) is 9.33. The van der Waals surface area contributed by atoms with Gasteiger partial charge in [0.25, 0.3) is 5.91 Å². The lowest BCUT2D eigenvalue weighted by atomic mass is 9.91. The van der Waals surface area contributed by atoms with Crippen molar-refractivity contribution in [1.82, 2.24) is 19.8 Å². The Labute approximate surface area is 272 Å². The fraction of sp³-hybridized carbons (Fsp3) is 0.500. The third-order valence-electron chi connectivity index (χ3n) is 10.1. The van der Waals surface area contributed by atoms with Crippen LogP contribution in [-0.2, 0) is 22.5 Å². The highest BCUT2D eigenvalue weighted by Crippen LogP contribution is 2.42. The van der Waals surface area contributed by atoms with E-state index < -0.39 is 17.6 Å². The normalized spacial score (nSPS) is 23.1. The number of amides is 1. The first kappa shape index (κ1) is 31.1. The van der Waals surface area contributed by atoms with E-state index in [1.54, 1.807) is 13.2 Å². The standard InChI is InChI=1S/C34H39ClF2N6O3/c1-22(36)32(44)41-15-13-40(14-16-41)31-25-9-12-42(28-6-3-5-24-7-8-26(37)30(35)29(24)28)19-27(25)38-33(39-31)46-21-34-10-4-11-43(34)18-23(17-34)20-45-2/h3,5-8,23H,1,4,9-21H2,2H3. The third kappa shape index (κ3) is 5.66. The maximum Gasteiger partial charge on any atom is 0.318 e. The Morgan fingerprint density at radius 2 is 1.93 bits per heavy atom. The number of piperazine rings is 1. The summed E-state index contributed by atoms with van der Waals surface area (Å²) in [4.78, 5) is 30.5. The van der Waals surface area contributed by atoms with Crippen LogP contribution in [0.15, 0.2) is 42.7 Å². The van der Waals surface area contributed by atoms with Crippen LogP contribution in [0, 0.1) is 11.7 Å². The number of hydrogen-bond donors (Lipinski definition) is 0. The lowest BCUT2D eigenvalue weighted by molar-refractivity contribution is -0.128. The Kier molecular flexibility index (Phi) is 8.50. The Morgan fingerprint density at radius 1 is 1.11 bits per heavy atom. The van der Waals surface area contributed by atoms with Crippen molar-refractivity contribution in [2.45, 2.75) is 37.8 Å². The van der Waals surface area contributed by atoms with Crippen molar-refractivity contribution in [2.24, 2.45) is 5.92 Å². The van der Waals surface area contributed by atoms with Crippen LogP contribution in [-0.4, -0.2) is 97.4 Å². The Balaban J connectivity index is 1.20. The summed E-state index contributed by atoms with van der Waals surface area (Å²) in [6.45, 7) is 9.32. The summed E-state index contributed by atoms with van der Waals surface area (Å²) >= 11 is 6.51. The molecule has 2 aromatic carbocycles. The van der Waals surface area contributed by atoms with Crippen molar-refractivity contribution in [3.63, 3.8) is 0 Å². The van der Waals surface area contributed by atoms with Gasteiger partial charge in [-0.15, -0.1) is 0 Å². The zero-order valence-electron chi connectivity index (χ0n) is 26.1. The highest BCUT2D eigenvalue weighted by molar-refractivity contribution is 6.36. The van der Waals surface area contributed by atoms with Crippen LogP contribution in [0.1, 0.15) is 30.5 Å². The highest BCUT2D eigenvalue weighted by atomic mass is 35.5. The number of hydrogen-bond acceptors (Lipinski definition) is 8. The first-order valence-electron chi connectivity index (χ1n) is 16.0. The smallest absolute Gasteiger partial charge is 0.318 e. The summed E-state index contributed by atoms with van der Waals surface area (Å²) in [7, 11) is 1.75. The maximum absolute atomic E-state index is 14.6. The van der Waals surface area contributed by atoms with Gasteiger partial charge in [-0.3, -0.25) is 9.69 Å². The Morgan fingerprint density at radius 3 is 2.72 bits per heavy atom. The summed E-state index contributed by atoms with van der Waals surface area (Å²) in [5.41, 5.74) is 2.66. The molecule has 46 heavy (non-hydrogen) atoms. The van der Waals surface area contributed by atoms with Crippen LogP contribution in [0.5, 0.6) is 6.01 Å². The number of halogens is 3. The molecule has 12 heteroatoms. The van der Waals surface area contributed by atoms with Gasteiger partial charge in [0, 0.05) is 63.0 Å². The minimum absolute atomic E-state index is 0.0564. The maximum atomic E-state index is 14.6. The lowest BCUT2D eigenvalue weighted by Crippen LogP contribution is -2.49. The van der Waals surface area contributed by atoms with E-state index in [9.17, 15) is 13.6 Å². The number of anilines is 2. The fourth-order valence-electron chi connectivity index (χ4n) is 7.96. The molecule has 3 saturated heterocycles. The highest BCUT2D eigenvalue weighted by Gasteiger charge is 2.49. The van der Waals surface area contributed by atoms with Crippen molar-refractivity contribution in [1.29, 1.82) is 0 Å². The molecule has 3 aromatic rings. The number of rotatable bonds is 8. The van der Waals surface area contributed by atoms with Gasteiger partial charge in [0.15, 0.2) is 5.83 Å². The van der Waals surface area contributed by atoms with E-state index in [0.717, 1.165) is 67.1 Å². The number of methoxy groups -OCH3 is 1. The predicted octanol–water partition coefficient (Wildman–Crippen LogP) is 5.00. The number of carbonyl (C=O) groups is 1. The second-order valence-corrected chi connectivity index (χ2v) is 13.3. The van der Waals surface area contributed by atoms with Gasteiger partial charge in [-0.05, 0) is 55.7 Å². The molecule has 5 heterocycles. The van der Waals surface area contributed by atoms with Gasteiger partial charge in [-0.1, -0.05) is 36.4 Å². The first-order chi connectivity index (χ1) is 22.3. The summed E-state index contributed by atoms with van der Waals surface area (Å²) in [6.07, 6.45) is 3.87. The second-order valence-electron chi connectivity index (χ2n) is 12.9. The van der Waals surface area contributed by atoms with Crippen LogP contribution in [0.25, 0.3) is 10.8 Å². The molecule has 244 valence electrons. The predicted molar refractivity (Wildman–Crippen MR) is 174 cm³/mol. The average molecular weight is 653 g/mol. The zero-order valence-corrected chi connectivity index (χ0v) is 26.9. The van der Waals surface area contributed by atoms with Crippen molar-refractivity contribution in [3.8, 4) is 6.01 Å². The van der Waals surface area contributed by atoms with Crippen molar-refractivity contribution < 1.29 is 23.0 Å². The molecule has 1 amide bonds. The van der Waals surface area contributed by atoms with E-state index in [-0.39, 0.29) is 10.6 Å². The molecule has 0 aliphatic carbocycles. The molecule has 1 aromatic heterocycles. The number of aromatic nitrogens is 2. The number of fused-ring (bicyclic) bond motifs is 3. The Bertz CT molecular complexity index is 1670. The molecule has 4 aliphatic rings. The molecule has 2 unspecified atom stereocenters. The molecule has 9 nitrogen and oxygen atoms in total. The van der Waals surface area contributed by atoms with Crippen LogP contribution in [0.4, 0.5) is 20.3 Å². The zero-order chi connectivity index (χ0) is 32.0. The molecule has 2 atom stereocenters. The molecule has 0 bridgehead atoms. The van der Waals surface area contributed by atoms with E-state index in [4.69, 9.17) is 31.0 Å². The van der Waals surface area contributed by atoms with Crippen LogP contribution in [0.2, 0.25) is 5.02 Å². The van der Waals surface area contributed by atoms with Gasteiger partial charge in [0.05, 0.1) is 29.4 Å². The van der Waals surface area contributed by atoms with Crippen LogP contribution < -0.4 is 14.5 Å². The van der Waals surface area contributed by atoms with Crippen LogP contribution in [0.3, 0.4) is 0 Å². The molecule has 0 spiro atoms. The lowest BCUT2D eigenvalue weighted by Gasteiger charge is -2.38. The SMILES string of the molecule is C=C(F)C(=O)N1CCN(c2nc(OCC34CCCN3CC(COC)C4)nc3c2CCN(c2cccc4ccc(F)c(Cl)c24)C3)CC1. The molecule has 0 N–H and O–H groups in total. The van der Waals surface area contributed by atoms with Gasteiger partial charge < -0.3 is 24.2 Å². The molecule has 3 fully saturated rings. The number of ether oxygens (including phenoxy) is 2. The monoisotopic (exact) mass is 652 g/mol. The topological polar surface area (TPSA) is 74.3 Å². The van der Waals surface area contributed by atoms with E-state index in [2.05, 4.69) is 21.3 Å². The fourth-order valence-corrected chi connectivity index (χ4v) is 8.23. The van der Waals surface area contributed by atoms with Gasteiger partial charge in [0.1, 0.15) is 18.2 Å². The number of carbonyl (C=O) groups excluding carboxylic acids is 1. The van der Waals surface area contributed by atoms with Crippen molar-refractivity contribution in [2.75, 3.05) is 75.9 Å². The van der Waals surface area contributed by atoms with Gasteiger partial charge in [-0.2, -0.15) is 9.97 Å². The molecular formula is C34H39ClF2N6O3. The average Bonchev–Trinajstić information content (AvgIpc) is 3.61. The van der Waals surface area contributed by atoms with E-state index in [1.807, 2.05) is 18.2 Å². The van der Waals surface area contributed by atoms with Crippen LogP contribution >= 0.6 is 11.6 Å². The third-order valence-corrected chi connectivity index (χ3v) is 10.5. The van der Waals surface area contributed by atoms with Crippen molar-refractivity contribution >= 4 is 39.8 Å². The summed E-state index contributed by atoms with van der Waals surface area (Å²) in [5.74, 6) is -0.806. The summed E-state index contributed by atoms with van der Waals surface area (Å²) in [5, 5.41) is 1.66. The minimum atomic E-state index is -0.947.